The van der Waals surface area contributed by atoms with Gasteiger partial charge in [-0.1, -0.05) is 28.1 Å². The number of hydrogen-bond acceptors (Lipinski definition) is 2. The molecule has 1 saturated heterocycles. The Labute approximate surface area is 138 Å². The molecule has 1 aliphatic rings. The number of rotatable bonds is 1. The van der Waals surface area contributed by atoms with E-state index in [1.54, 1.807) is 0 Å². The van der Waals surface area contributed by atoms with E-state index in [1.165, 1.54) is 10.6 Å². The lowest BCUT2D eigenvalue weighted by Crippen LogP contribution is -2.38. The van der Waals surface area contributed by atoms with Gasteiger partial charge in [0.2, 0.25) is 0 Å². The van der Waals surface area contributed by atoms with Crippen LogP contribution in [0.2, 0.25) is 0 Å². The maximum Gasteiger partial charge on any atom is 0.410 e. The van der Waals surface area contributed by atoms with E-state index in [9.17, 15) is 4.79 Å². The number of halogens is 1. The van der Waals surface area contributed by atoms with Crippen LogP contribution in [0.4, 0.5) is 4.79 Å². The van der Waals surface area contributed by atoms with E-state index in [0.29, 0.717) is 0 Å². The van der Waals surface area contributed by atoms with Crippen molar-refractivity contribution in [3.63, 3.8) is 0 Å². The summed E-state index contributed by atoms with van der Waals surface area (Å²) in [6.45, 7) is 7.35. The highest BCUT2D eigenvalue weighted by Gasteiger charge is 2.24. The number of carbonyl (C=O) groups is 1. The van der Waals surface area contributed by atoms with Gasteiger partial charge < -0.3 is 9.64 Å². The third kappa shape index (κ3) is 5.22. The molecule has 2 rings (SSSR count). The van der Waals surface area contributed by atoms with Gasteiger partial charge in [0.05, 0.1) is 0 Å². The van der Waals surface area contributed by atoms with Gasteiger partial charge in [-0.15, -0.1) is 0 Å². The minimum Gasteiger partial charge on any atom is -0.444 e. The summed E-state index contributed by atoms with van der Waals surface area (Å²) in [5.74, 6) is 2.25. The molecule has 1 heterocycles. The largest absolute Gasteiger partial charge is 0.444 e. The average Bonchev–Trinajstić information content (AvgIpc) is 2.62. The summed E-state index contributed by atoms with van der Waals surface area (Å²) in [6.07, 6.45) is 0.880. The van der Waals surface area contributed by atoms with Crippen molar-refractivity contribution in [2.75, 3.05) is 24.6 Å². The van der Waals surface area contributed by atoms with Crippen molar-refractivity contribution in [2.24, 2.45) is 0 Å². The lowest BCUT2D eigenvalue weighted by molar-refractivity contribution is 0.0265. The molecule has 1 amide bonds. The van der Waals surface area contributed by atoms with Gasteiger partial charge in [0.1, 0.15) is 5.60 Å². The molecule has 1 fully saturated rings. The Morgan fingerprint density at radius 3 is 2.71 bits per heavy atom. The molecule has 0 radical (unpaired) electrons. The van der Waals surface area contributed by atoms with Gasteiger partial charge in [0.25, 0.3) is 0 Å². The van der Waals surface area contributed by atoms with Crippen LogP contribution < -0.4 is 0 Å². The highest BCUT2D eigenvalue weighted by atomic mass is 79.9. The number of amides is 1. The molecule has 5 heteroatoms. The van der Waals surface area contributed by atoms with E-state index >= 15 is 0 Å². The summed E-state index contributed by atoms with van der Waals surface area (Å²) >= 11 is 3.54. The topological polar surface area (TPSA) is 29.5 Å². The summed E-state index contributed by atoms with van der Waals surface area (Å²) in [6, 6.07) is 8.58. The number of nitrogens with zero attached hydrogens (tertiary/aromatic N) is 1. The number of thiol groups is 1. The SMILES string of the molecule is CC(C)(C)OC(=O)N1CCC[SH](c2cccc(Br)c2)CC1. The van der Waals surface area contributed by atoms with E-state index in [2.05, 4.69) is 40.2 Å². The van der Waals surface area contributed by atoms with Crippen molar-refractivity contribution < 1.29 is 9.53 Å². The van der Waals surface area contributed by atoms with Crippen molar-refractivity contribution in [1.29, 1.82) is 0 Å². The summed E-state index contributed by atoms with van der Waals surface area (Å²) in [7, 11) is -0.174. The smallest absolute Gasteiger partial charge is 0.410 e. The van der Waals surface area contributed by atoms with Crippen LogP contribution in [-0.2, 0) is 4.74 Å². The summed E-state index contributed by atoms with van der Waals surface area (Å²) in [5, 5.41) is 0. The second-order valence-corrected chi connectivity index (χ2v) is 9.69. The standard InChI is InChI=1S/C16H24BrNO2S/c1-16(2,3)20-15(19)18-8-5-10-21(11-9-18)14-7-4-6-13(17)12-14/h4,6-7,12,21H,5,8-11H2,1-3H3. The van der Waals surface area contributed by atoms with Gasteiger partial charge in [-0.3, -0.25) is 0 Å². The Morgan fingerprint density at radius 2 is 2.05 bits per heavy atom. The second-order valence-electron chi connectivity index (χ2n) is 6.29. The van der Waals surface area contributed by atoms with Gasteiger partial charge in [-0.25, -0.2) is 15.7 Å². The monoisotopic (exact) mass is 373 g/mol. The van der Waals surface area contributed by atoms with Gasteiger partial charge in [0, 0.05) is 17.6 Å². The van der Waals surface area contributed by atoms with E-state index in [0.717, 1.165) is 29.7 Å². The molecule has 1 aromatic carbocycles. The zero-order valence-electron chi connectivity index (χ0n) is 12.9. The van der Waals surface area contributed by atoms with Crippen LogP contribution in [0.15, 0.2) is 33.6 Å². The fraction of sp³-hybridized carbons (Fsp3) is 0.562. The maximum absolute atomic E-state index is 12.2. The van der Waals surface area contributed by atoms with Crippen molar-refractivity contribution in [2.45, 2.75) is 37.7 Å². The van der Waals surface area contributed by atoms with Crippen molar-refractivity contribution in [3.8, 4) is 0 Å². The first-order valence-corrected chi connectivity index (χ1v) is 9.84. The number of ether oxygens (including phenoxy) is 1. The predicted molar refractivity (Wildman–Crippen MR) is 93.6 cm³/mol. The van der Waals surface area contributed by atoms with Crippen LogP contribution in [-0.4, -0.2) is 41.2 Å². The van der Waals surface area contributed by atoms with Crippen LogP contribution in [0.1, 0.15) is 27.2 Å². The molecule has 0 aliphatic carbocycles. The van der Waals surface area contributed by atoms with Crippen LogP contribution in [0.25, 0.3) is 0 Å². The molecule has 3 nitrogen and oxygen atoms in total. The molecule has 1 aliphatic heterocycles. The first kappa shape index (κ1) is 16.7. The fourth-order valence-electron chi connectivity index (χ4n) is 2.36. The Kier molecular flexibility index (Phi) is 5.60. The third-order valence-corrected chi connectivity index (χ3v) is 6.42. The number of benzene rings is 1. The van der Waals surface area contributed by atoms with Gasteiger partial charge in [-0.05, 0) is 55.7 Å². The average molecular weight is 374 g/mol. The van der Waals surface area contributed by atoms with Crippen molar-refractivity contribution in [3.05, 3.63) is 28.7 Å². The van der Waals surface area contributed by atoms with E-state index in [4.69, 9.17) is 4.74 Å². The molecule has 0 saturated carbocycles. The normalized spacial score (nSPS) is 21.7. The first-order valence-electron chi connectivity index (χ1n) is 7.33. The minimum atomic E-state index is -0.418. The van der Waals surface area contributed by atoms with Crippen LogP contribution >= 0.6 is 26.8 Å². The van der Waals surface area contributed by atoms with Crippen molar-refractivity contribution in [1.82, 2.24) is 4.90 Å². The summed E-state index contributed by atoms with van der Waals surface area (Å²) in [4.78, 5) is 15.5. The molecule has 0 bridgehead atoms. The first-order chi connectivity index (χ1) is 9.85. The van der Waals surface area contributed by atoms with E-state index in [-0.39, 0.29) is 17.0 Å². The molecular weight excluding hydrogens is 350 g/mol. The summed E-state index contributed by atoms with van der Waals surface area (Å²) < 4.78 is 6.61. The second kappa shape index (κ2) is 7.05. The minimum absolute atomic E-state index is 0.173. The fourth-order valence-corrected chi connectivity index (χ4v) is 5.30. The molecule has 21 heavy (non-hydrogen) atoms. The quantitative estimate of drug-likeness (QED) is 0.736. The van der Waals surface area contributed by atoms with Gasteiger partial charge in [-0.2, -0.15) is 0 Å². The Hall–Kier alpha value is -0.680. The lowest BCUT2D eigenvalue weighted by atomic mass is 10.2. The van der Waals surface area contributed by atoms with Gasteiger partial charge in [0.15, 0.2) is 0 Å². The van der Waals surface area contributed by atoms with Crippen LogP contribution in [0.3, 0.4) is 0 Å². The molecule has 118 valence electrons. The Bertz CT molecular complexity index is 501. The molecule has 1 unspecified atom stereocenters. The Balaban J connectivity index is 1.97. The molecule has 1 atom stereocenters. The molecule has 0 aromatic heterocycles. The van der Waals surface area contributed by atoms with Crippen LogP contribution in [0, 0.1) is 0 Å². The maximum atomic E-state index is 12.2. The van der Waals surface area contributed by atoms with Gasteiger partial charge >= 0.3 is 6.09 Å². The highest BCUT2D eigenvalue weighted by Crippen LogP contribution is 2.39. The molecule has 0 spiro atoms. The zero-order valence-corrected chi connectivity index (χ0v) is 15.4. The molecule has 1 aromatic rings. The van der Waals surface area contributed by atoms with E-state index in [1.807, 2.05) is 25.7 Å². The zero-order chi connectivity index (χ0) is 15.5. The van der Waals surface area contributed by atoms with Crippen molar-refractivity contribution >= 4 is 32.9 Å². The lowest BCUT2D eigenvalue weighted by Gasteiger charge is -2.26. The third-order valence-electron chi connectivity index (χ3n) is 3.32. The molecular formula is C16H24BrNO2S. The van der Waals surface area contributed by atoms with Crippen LogP contribution in [0.5, 0.6) is 0 Å². The summed E-state index contributed by atoms with van der Waals surface area (Å²) in [5.41, 5.74) is -0.418. The number of hydrogen-bond donors (Lipinski definition) is 1. The number of carbonyl (C=O) groups excluding carboxylic acids is 1. The van der Waals surface area contributed by atoms with E-state index < -0.39 is 5.60 Å². The highest BCUT2D eigenvalue weighted by molar-refractivity contribution is 9.10. The molecule has 0 N–H and O–H groups in total. The Morgan fingerprint density at radius 1 is 1.29 bits per heavy atom. The predicted octanol–water partition coefficient (Wildman–Crippen LogP) is 4.45.